The third-order valence-electron chi connectivity index (χ3n) is 2.48. The molecular weight excluding hydrogens is 254 g/mol. The van der Waals surface area contributed by atoms with Crippen molar-refractivity contribution in [2.45, 2.75) is 18.8 Å². The maximum absolute atomic E-state index is 12.9. The molecule has 1 aliphatic carbocycles. The number of rotatable bonds is 1. The second-order valence-corrected chi connectivity index (χ2v) is 4.20. The fourth-order valence-corrected chi connectivity index (χ4v) is 2.13. The predicted molar refractivity (Wildman–Crippen MR) is 51.0 cm³/mol. The Morgan fingerprint density at radius 2 is 1.93 bits per heavy atom. The average Bonchev–Trinajstić information content (AvgIpc) is 2.12. The highest BCUT2D eigenvalue weighted by molar-refractivity contribution is 9.10. The van der Waals surface area contributed by atoms with Crippen molar-refractivity contribution >= 4 is 21.7 Å². The molecule has 14 heavy (non-hydrogen) atoms. The van der Waals surface area contributed by atoms with Crippen molar-refractivity contribution in [2.75, 3.05) is 0 Å². The van der Waals surface area contributed by atoms with Gasteiger partial charge in [0.05, 0.1) is 0 Å². The van der Waals surface area contributed by atoms with Crippen LogP contribution in [0.2, 0.25) is 0 Å². The summed E-state index contributed by atoms with van der Waals surface area (Å²) in [7, 11) is 0. The molecule has 1 unspecified atom stereocenters. The summed E-state index contributed by atoms with van der Waals surface area (Å²) in [6, 6.07) is 2.16. The average molecular weight is 261 g/mol. The van der Waals surface area contributed by atoms with Gasteiger partial charge in [0.25, 0.3) is 0 Å². The Balaban J connectivity index is 2.43. The van der Waals surface area contributed by atoms with Crippen molar-refractivity contribution < 1.29 is 13.6 Å². The van der Waals surface area contributed by atoms with Gasteiger partial charge in [0.2, 0.25) is 0 Å². The van der Waals surface area contributed by atoms with Gasteiger partial charge in [-0.3, -0.25) is 4.79 Å². The molecule has 1 fully saturated rings. The van der Waals surface area contributed by atoms with Gasteiger partial charge in [-0.25, -0.2) is 8.78 Å². The van der Waals surface area contributed by atoms with Crippen molar-refractivity contribution in [1.82, 2.24) is 0 Å². The Bertz CT molecular complexity index is 403. The molecule has 1 aliphatic rings. The molecule has 0 spiro atoms. The topological polar surface area (TPSA) is 17.1 Å². The molecule has 0 amide bonds. The van der Waals surface area contributed by atoms with Gasteiger partial charge >= 0.3 is 0 Å². The van der Waals surface area contributed by atoms with E-state index >= 15 is 0 Å². The zero-order valence-electron chi connectivity index (χ0n) is 7.19. The molecule has 74 valence electrons. The fraction of sp³-hybridized carbons (Fsp3) is 0.300. The number of carbonyl (C=O) groups excluding carboxylic acids is 1. The third-order valence-corrected chi connectivity index (χ3v) is 3.17. The number of ketones is 1. The van der Waals surface area contributed by atoms with Crippen LogP contribution < -0.4 is 0 Å². The van der Waals surface area contributed by atoms with E-state index in [1.165, 1.54) is 0 Å². The molecule has 0 heterocycles. The van der Waals surface area contributed by atoms with Crippen LogP contribution in [0.15, 0.2) is 16.6 Å². The Kier molecular flexibility index (Phi) is 2.39. The number of hydrogen-bond donors (Lipinski definition) is 0. The van der Waals surface area contributed by atoms with Crippen LogP contribution in [0.25, 0.3) is 0 Å². The summed E-state index contributed by atoms with van der Waals surface area (Å²) < 4.78 is 26.1. The first kappa shape index (κ1) is 9.77. The quantitative estimate of drug-likeness (QED) is 0.709. The molecular formula is C10H7BrF2O. The molecule has 1 nitrogen and oxygen atoms in total. The fourth-order valence-electron chi connectivity index (χ4n) is 1.54. The van der Waals surface area contributed by atoms with Gasteiger partial charge in [-0.05, 0) is 24.1 Å². The van der Waals surface area contributed by atoms with Crippen LogP contribution in [0, 0.1) is 11.6 Å². The van der Waals surface area contributed by atoms with Crippen LogP contribution in [-0.2, 0) is 4.79 Å². The molecule has 4 heteroatoms. The Morgan fingerprint density at radius 3 is 2.43 bits per heavy atom. The molecule has 1 atom stereocenters. The van der Waals surface area contributed by atoms with Crippen LogP contribution >= 0.6 is 15.9 Å². The molecule has 0 saturated heterocycles. The molecule has 0 aliphatic heterocycles. The summed E-state index contributed by atoms with van der Waals surface area (Å²) in [6.45, 7) is 0. The standard InChI is InChI=1S/C10H7BrF2O/c11-7-4-9(13)8(12)3-6(7)5-1-2-10(5)14/h3-5H,1-2H2. The van der Waals surface area contributed by atoms with Crippen molar-refractivity contribution in [2.24, 2.45) is 0 Å². The number of carbonyl (C=O) groups is 1. The first-order valence-corrected chi connectivity index (χ1v) is 5.06. The van der Waals surface area contributed by atoms with E-state index in [1.807, 2.05) is 0 Å². The van der Waals surface area contributed by atoms with E-state index in [2.05, 4.69) is 15.9 Å². The van der Waals surface area contributed by atoms with Crippen molar-refractivity contribution in [3.8, 4) is 0 Å². The maximum Gasteiger partial charge on any atom is 0.159 e. The van der Waals surface area contributed by atoms with Gasteiger partial charge in [0.15, 0.2) is 11.6 Å². The van der Waals surface area contributed by atoms with E-state index in [0.29, 0.717) is 16.5 Å². The molecule has 0 aromatic heterocycles. The Morgan fingerprint density at radius 1 is 1.29 bits per heavy atom. The summed E-state index contributed by atoms with van der Waals surface area (Å²) in [4.78, 5) is 11.1. The number of hydrogen-bond acceptors (Lipinski definition) is 1. The molecule has 2 rings (SSSR count). The van der Waals surface area contributed by atoms with Crippen LogP contribution in [-0.4, -0.2) is 5.78 Å². The highest BCUT2D eigenvalue weighted by atomic mass is 79.9. The minimum absolute atomic E-state index is 0.0942. The van der Waals surface area contributed by atoms with Crippen LogP contribution in [0.1, 0.15) is 24.3 Å². The van der Waals surface area contributed by atoms with Crippen molar-refractivity contribution in [3.05, 3.63) is 33.8 Å². The van der Waals surface area contributed by atoms with Gasteiger partial charge in [-0.2, -0.15) is 0 Å². The minimum Gasteiger partial charge on any atom is -0.299 e. The minimum atomic E-state index is -0.900. The summed E-state index contributed by atoms with van der Waals surface area (Å²) in [5.41, 5.74) is 0.556. The molecule has 0 radical (unpaired) electrons. The summed E-state index contributed by atoms with van der Waals surface area (Å²) in [6.07, 6.45) is 1.26. The summed E-state index contributed by atoms with van der Waals surface area (Å²) >= 11 is 3.13. The zero-order chi connectivity index (χ0) is 10.3. The molecule has 1 aromatic carbocycles. The lowest BCUT2D eigenvalue weighted by Gasteiger charge is -2.25. The monoisotopic (exact) mass is 260 g/mol. The highest BCUT2D eigenvalue weighted by Crippen LogP contribution is 2.37. The lowest BCUT2D eigenvalue weighted by atomic mass is 9.79. The smallest absolute Gasteiger partial charge is 0.159 e. The normalized spacial score (nSPS) is 20.8. The van der Waals surface area contributed by atoms with E-state index in [9.17, 15) is 13.6 Å². The van der Waals surface area contributed by atoms with Crippen molar-refractivity contribution in [3.63, 3.8) is 0 Å². The lowest BCUT2D eigenvalue weighted by Crippen LogP contribution is -2.23. The van der Waals surface area contributed by atoms with Gasteiger partial charge in [-0.15, -0.1) is 0 Å². The highest BCUT2D eigenvalue weighted by Gasteiger charge is 2.31. The predicted octanol–water partition coefficient (Wildman–Crippen LogP) is 3.17. The van der Waals surface area contributed by atoms with Gasteiger partial charge in [0, 0.05) is 16.8 Å². The van der Waals surface area contributed by atoms with Crippen LogP contribution in [0.3, 0.4) is 0 Å². The van der Waals surface area contributed by atoms with Gasteiger partial charge in [0.1, 0.15) is 5.78 Å². The number of benzene rings is 1. The molecule has 1 saturated carbocycles. The van der Waals surface area contributed by atoms with E-state index < -0.39 is 11.6 Å². The lowest BCUT2D eigenvalue weighted by molar-refractivity contribution is -0.125. The number of Topliss-reactive ketones (excluding diaryl/α,β-unsaturated/α-hetero) is 1. The largest absolute Gasteiger partial charge is 0.299 e. The van der Waals surface area contributed by atoms with Crippen molar-refractivity contribution in [1.29, 1.82) is 0 Å². The second-order valence-electron chi connectivity index (χ2n) is 3.35. The SMILES string of the molecule is O=C1CCC1c1cc(F)c(F)cc1Br. The summed E-state index contributed by atoms with van der Waals surface area (Å²) in [5, 5.41) is 0. The Hall–Kier alpha value is -0.770. The van der Waals surface area contributed by atoms with E-state index in [4.69, 9.17) is 0 Å². The van der Waals surface area contributed by atoms with Crippen LogP contribution in [0.4, 0.5) is 8.78 Å². The molecule has 0 bridgehead atoms. The first-order chi connectivity index (χ1) is 6.59. The van der Waals surface area contributed by atoms with Gasteiger partial charge < -0.3 is 0 Å². The second kappa shape index (κ2) is 3.42. The number of halogens is 3. The van der Waals surface area contributed by atoms with Gasteiger partial charge in [-0.1, -0.05) is 15.9 Å². The van der Waals surface area contributed by atoms with E-state index in [0.717, 1.165) is 18.6 Å². The Labute approximate surface area is 88.2 Å². The first-order valence-electron chi connectivity index (χ1n) is 4.26. The molecule has 1 aromatic rings. The molecule has 0 N–H and O–H groups in total. The van der Waals surface area contributed by atoms with Crippen LogP contribution in [0.5, 0.6) is 0 Å². The zero-order valence-corrected chi connectivity index (χ0v) is 8.77. The third kappa shape index (κ3) is 1.47. The van der Waals surface area contributed by atoms with E-state index in [1.54, 1.807) is 0 Å². The summed E-state index contributed by atoms with van der Waals surface area (Å²) in [5.74, 6) is -1.95. The maximum atomic E-state index is 12.9. The van der Waals surface area contributed by atoms with E-state index in [-0.39, 0.29) is 11.7 Å².